The SMILES string of the molecule is CCCCCCCCOC(=O)C(C)(C)C(=O)OCc1ccc2ccccc2c1. The average molecular weight is 385 g/mol. The third-order valence-electron chi connectivity index (χ3n) is 4.94. The van der Waals surface area contributed by atoms with Gasteiger partial charge < -0.3 is 9.47 Å². The molecule has 0 saturated carbocycles. The van der Waals surface area contributed by atoms with E-state index < -0.39 is 17.4 Å². The van der Waals surface area contributed by atoms with Gasteiger partial charge in [-0.3, -0.25) is 9.59 Å². The largest absolute Gasteiger partial charge is 0.465 e. The van der Waals surface area contributed by atoms with E-state index in [1.807, 2.05) is 42.5 Å². The molecule has 152 valence electrons. The molecule has 2 aromatic carbocycles. The summed E-state index contributed by atoms with van der Waals surface area (Å²) < 4.78 is 10.7. The zero-order valence-corrected chi connectivity index (χ0v) is 17.3. The van der Waals surface area contributed by atoms with E-state index in [9.17, 15) is 9.59 Å². The van der Waals surface area contributed by atoms with E-state index in [-0.39, 0.29) is 6.61 Å². The normalized spacial score (nSPS) is 11.4. The monoisotopic (exact) mass is 384 g/mol. The van der Waals surface area contributed by atoms with Crippen molar-refractivity contribution in [2.45, 2.75) is 65.9 Å². The number of esters is 2. The highest BCUT2D eigenvalue weighted by atomic mass is 16.6. The van der Waals surface area contributed by atoms with Gasteiger partial charge in [-0.15, -0.1) is 0 Å². The minimum Gasteiger partial charge on any atom is -0.465 e. The number of carbonyl (C=O) groups is 2. The second-order valence-electron chi connectivity index (χ2n) is 7.79. The van der Waals surface area contributed by atoms with Crippen LogP contribution in [0.1, 0.15) is 64.9 Å². The van der Waals surface area contributed by atoms with Gasteiger partial charge in [-0.05, 0) is 42.7 Å². The summed E-state index contributed by atoms with van der Waals surface area (Å²) in [5, 5.41) is 2.23. The maximum absolute atomic E-state index is 12.4. The molecule has 4 heteroatoms. The summed E-state index contributed by atoms with van der Waals surface area (Å²) in [5.74, 6) is -1.09. The van der Waals surface area contributed by atoms with Crippen molar-refractivity contribution in [1.29, 1.82) is 0 Å². The van der Waals surface area contributed by atoms with Crippen LogP contribution in [0.2, 0.25) is 0 Å². The molecule has 2 aromatic rings. The van der Waals surface area contributed by atoms with E-state index in [1.54, 1.807) is 13.8 Å². The topological polar surface area (TPSA) is 52.6 Å². The molecule has 0 radical (unpaired) electrons. The first-order valence-electron chi connectivity index (χ1n) is 10.3. The molecule has 0 unspecified atom stereocenters. The summed E-state index contributed by atoms with van der Waals surface area (Å²) in [6.45, 7) is 5.78. The third kappa shape index (κ3) is 6.36. The van der Waals surface area contributed by atoms with Crippen LogP contribution in [-0.2, 0) is 25.7 Å². The van der Waals surface area contributed by atoms with Crippen molar-refractivity contribution in [1.82, 2.24) is 0 Å². The number of ether oxygens (including phenoxy) is 2. The van der Waals surface area contributed by atoms with E-state index in [1.165, 1.54) is 19.3 Å². The molecule has 0 aliphatic carbocycles. The number of unbranched alkanes of at least 4 members (excludes halogenated alkanes) is 5. The Kier molecular flexibility index (Phi) is 8.49. The Balaban J connectivity index is 1.78. The van der Waals surface area contributed by atoms with Gasteiger partial charge in [-0.25, -0.2) is 0 Å². The van der Waals surface area contributed by atoms with Crippen LogP contribution in [0.5, 0.6) is 0 Å². The fraction of sp³-hybridized carbons (Fsp3) is 0.500. The molecule has 0 spiro atoms. The summed E-state index contributed by atoms with van der Waals surface area (Å²) in [6.07, 6.45) is 6.71. The molecule has 0 aromatic heterocycles. The highest BCUT2D eigenvalue weighted by Gasteiger charge is 2.39. The number of fused-ring (bicyclic) bond motifs is 1. The summed E-state index contributed by atoms with van der Waals surface area (Å²) >= 11 is 0. The minimum atomic E-state index is -1.31. The molecule has 0 aliphatic heterocycles. The van der Waals surface area contributed by atoms with Gasteiger partial charge in [-0.1, -0.05) is 75.4 Å². The average Bonchev–Trinajstić information content (AvgIpc) is 2.70. The molecule has 0 atom stereocenters. The van der Waals surface area contributed by atoms with Crippen molar-refractivity contribution in [3.8, 4) is 0 Å². The third-order valence-corrected chi connectivity index (χ3v) is 4.94. The molecule has 28 heavy (non-hydrogen) atoms. The van der Waals surface area contributed by atoms with Crippen LogP contribution in [0.4, 0.5) is 0 Å². The van der Waals surface area contributed by atoms with Gasteiger partial charge in [0.15, 0.2) is 5.41 Å². The summed E-state index contributed by atoms with van der Waals surface area (Å²) in [5.41, 5.74) is -0.415. The Morgan fingerprint density at radius 2 is 1.46 bits per heavy atom. The van der Waals surface area contributed by atoms with Gasteiger partial charge in [0.25, 0.3) is 0 Å². The standard InChI is InChI=1S/C24H32O4/c1-4-5-6-7-8-11-16-27-22(25)24(2,3)23(26)28-18-19-14-15-20-12-9-10-13-21(20)17-19/h9-10,12-15,17H,4-8,11,16,18H2,1-3H3. The lowest BCUT2D eigenvalue weighted by Crippen LogP contribution is -2.36. The van der Waals surface area contributed by atoms with E-state index in [0.717, 1.165) is 35.6 Å². The summed E-state index contributed by atoms with van der Waals surface area (Å²) in [6, 6.07) is 13.9. The maximum atomic E-state index is 12.4. The van der Waals surface area contributed by atoms with Crippen LogP contribution < -0.4 is 0 Å². The van der Waals surface area contributed by atoms with Gasteiger partial charge in [0.05, 0.1) is 6.61 Å². The molecule has 0 saturated heterocycles. The second-order valence-corrected chi connectivity index (χ2v) is 7.79. The van der Waals surface area contributed by atoms with Gasteiger partial charge in [0.2, 0.25) is 0 Å². The highest BCUT2D eigenvalue weighted by molar-refractivity contribution is 5.99. The van der Waals surface area contributed by atoms with Gasteiger partial charge in [0, 0.05) is 0 Å². The predicted molar refractivity (Wildman–Crippen MR) is 112 cm³/mol. The Morgan fingerprint density at radius 3 is 2.21 bits per heavy atom. The van der Waals surface area contributed by atoms with Crippen LogP contribution in [-0.4, -0.2) is 18.5 Å². The number of benzene rings is 2. The van der Waals surface area contributed by atoms with Crippen molar-refractivity contribution >= 4 is 22.7 Å². The number of carbonyl (C=O) groups excluding carboxylic acids is 2. The van der Waals surface area contributed by atoms with Crippen molar-refractivity contribution in [3.05, 3.63) is 48.0 Å². The lowest BCUT2D eigenvalue weighted by Gasteiger charge is -2.21. The number of hydrogen-bond donors (Lipinski definition) is 0. The molecule has 2 rings (SSSR count). The molecule has 0 fully saturated rings. The van der Waals surface area contributed by atoms with Crippen molar-refractivity contribution < 1.29 is 19.1 Å². The number of rotatable bonds is 11. The van der Waals surface area contributed by atoms with Crippen LogP contribution in [0.15, 0.2) is 42.5 Å². The first-order valence-corrected chi connectivity index (χ1v) is 10.3. The van der Waals surface area contributed by atoms with Crippen molar-refractivity contribution in [2.75, 3.05) is 6.61 Å². The minimum absolute atomic E-state index is 0.137. The molecular weight excluding hydrogens is 352 g/mol. The quantitative estimate of drug-likeness (QED) is 0.278. The zero-order chi connectivity index (χ0) is 20.4. The molecule has 4 nitrogen and oxygen atoms in total. The maximum Gasteiger partial charge on any atom is 0.323 e. The first kappa shape index (κ1) is 21.9. The first-order chi connectivity index (χ1) is 13.4. The van der Waals surface area contributed by atoms with Gasteiger partial charge >= 0.3 is 11.9 Å². The van der Waals surface area contributed by atoms with Crippen LogP contribution >= 0.6 is 0 Å². The van der Waals surface area contributed by atoms with Crippen LogP contribution in [0.3, 0.4) is 0 Å². The number of hydrogen-bond acceptors (Lipinski definition) is 4. The lowest BCUT2D eigenvalue weighted by molar-refractivity contribution is -0.170. The zero-order valence-electron chi connectivity index (χ0n) is 17.3. The lowest BCUT2D eigenvalue weighted by atomic mass is 9.94. The van der Waals surface area contributed by atoms with E-state index in [2.05, 4.69) is 6.92 Å². The fourth-order valence-electron chi connectivity index (χ4n) is 2.97. The summed E-state index contributed by atoms with van der Waals surface area (Å²) in [4.78, 5) is 24.7. The highest BCUT2D eigenvalue weighted by Crippen LogP contribution is 2.22. The van der Waals surface area contributed by atoms with Crippen LogP contribution in [0.25, 0.3) is 10.8 Å². The Labute approximate surface area is 168 Å². The molecule has 0 heterocycles. The Bertz CT molecular complexity index is 779. The molecule has 0 N–H and O–H groups in total. The van der Waals surface area contributed by atoms with Gasteiger partial charge in [-0.2, -0.15) is 0 Å². The van der Waals surface area contributed by atoms with Crippen LogP contribution in [0, 0.1) is 5.41 Å². The smallest absolute Gasteiger partial charge is 0.323 e. The van der Waals surface area contributed by atoms with E-state index in [4.69, 9.17) is 9.47 Å². The predicted octanol–water partition coefficient (Wildman–Crippen LogP) is 5.81. The molecular formula is C24H32O4. The van der Waals surface area contributed by atoms with Gasteiger partial charge in [0.1, 0.15) is 6.61 Å². The van der Waals surface area contributed by atoms with E-state index >= 15 is 0 Å². The van der Waals surface area contributed by atoms with Crippen molar-refractivity contribution in [2.24, 2.45) is 5.41 Å². The Hall–Kier alpha value is -2.36. The van der Waals surface area contributed by atoms with E-state index in [0.29, 0.717) is 6.61 Å². The second kappa shape index (κ2) is 10.8. The molecule has 0 bridgehead atoms. The molecule has 0 amide bonds. The van der Waals surface area contributed by atoms with Crippen molar-refractivity contribution in [3.63, 3.8) is 0 Å². The Morgan fingerprint density at radius 1 is 0.821 bits per heavy atom. The fourth-order valence-corrected chi connectivity index (χ4v) is 2.97. The molecule has 0 aliphatic rings. The summed E-state index contributed by atoms with van der Waals surface area (Å²) in [7, 11) is 0.